The maximum Gasteiger partial charge on any atom is 1.00 e. The van der Waals surface area contributed by atoms with Crippen LogP contribution >= 0.6 is 0 Å². The Morgan fingerprint density at radius 2 is 0.907 bits per heavy atom. The first kappa shape index (κ1) is 53.6. The molecule has 12 nitrogen and oxygen atoms in total. The molecule has 1 saturated heterocycles. The number of hydrogen-bond donors (Lipinski definition) is 3. The van der Waals surface area contributed by atoms with E-state index in [0.717, 1.165) is 38.5 Å². The number of hydrogen-bond acceptors (Lipinski definition) is 12. The molecule has 1 fully saturated rings. The minimum atomic E-state index is -4.86. The van der Waals surface area contributed by atoms with E-state index >= 15 is 0 Å². The van der Waals surface area contributed by atoms with Gasteiger partial charge < -0.3 is 38.8 Å². The topological polar surface area (TPSA) is 189 Å². The Morgan fingerprint density at radius 1 is 0.574 bits per heavy atom. The largest absolute Gasteiger partial charge is 1.00 e. The average molecular weight is 803 g/mol. The van der Waals surface area contributed by atoms with Gasteiger partial charge in [0.15, 0.2) is 6.29 Å². The molecule has 5 atom stereocenters. The van der Waals surface area contributed by atoms with Crippen molar-refractivity contribution in [3.05, 3.63) is 0 Å². The van der Waals surface area contributed by atoms with Gasteiger partial charge in [0.2, 0.25) is 0 Å². The van der Waals surface area contributed by atoms with Crippen molar-refractivity contribution in [3.8, 4) is 0 Å². The third-order valence-corrected chi connectivity index (χ3v) is 10.7. The molecule has 314 valence electrons. The van der Waals surface area contributed by atoms with Gasteiger partial charge in [-0.1, -0.05) is 168 Å². The molecule has 0 radical (unpaired) electrons. The van der Waals surface area contributed by atoms with Crippen LogP contribution in [0.15, 0.2) is 0 Å². The summed E-state index contributed by atoms with van der Waals surface area (Å²) in [5.74, 6) is -2.35. The van der Waals surface area contributed by atoms with Crippen LogP contribution in [0.5, 0.6) is 0 Å². The van der Waals surface area contributed by atoms with Gasteiger partial charge in [0.25, 0.3) is 6.29 Å². The van der Waals surface area contributed by atoms with E-state index in [1.807, 2.05) is 0 Å². The van der Waals surface area contributed by atoms with Crippen LogP contribution < -0.4 is 29.6 Å². The molecule has 14 heteroatoms. The summed E-state index contributed by atoms with van der Waals surface area (Å²) in [6.45, 7) is 3.87. The van der Waals surface area contributed by atoms with Crippen molar-refractivity contribution >= 4 is 22.1 Å². The van der Waals surface area contributed by atoms with Gasteiger partial charge in [-0.05, 0) is 12.8 Å². The fourth-order valence-electron chi connectivity index (χ4n) is 6.64. The van der Waals surface area contributed by atoms with Crippen molar-refractivity contribution < 1.29 is 86.4 Å². The molecule has 1 aliphatic rings. The molecule has 0 aromatic rings. The number of unbranched alkanes of at least 4 members (excludes halogenated alkanes) is 24. The quantitative estimate of drug-likeness (QED) is 0.0263. The minimum absolute atomic E-state index is 0. The van der Waals surface area contributed by atoms with E-state index in [2.05, 4.69) is 13.8 Å². The summed E-state index contributed by atoms with van der Waals surface area (Å²) in [6, 6.07) is 0. The van der Waals surface area contributed by atoms with Crippen molar-refractivity contribution in [2.75, 3.05) is 12.4 Å². The molecule has 0 aromatic heterocycles. The van der Waals surface area contributed by atoms with Crippen LogP contribution in [0, 0.1) is 0 Å². The molecule has 0 spiro atoms. The van der Waals surface area contributed by atoms with Gasteiger partial charge in [-0.25, -0.2) is 8.42 Å². The number of esters is 2. The van der Waals surface area contributed by atoms with Crippen molar-refractivity contribution in [1.82, 2.24) is 0 Å². The van der Waals surface area contributed by atoms with Crippen molar-refractivity contribution in [2.24, 2.45) is 0 Å². The fourth-order valence-corrected chi connectivity index (χ4v) is 7.32. The minimum Gasteiger partial charge on any atom is -0.748 e. The Morgan fingerprint density at radius 3 is 1.24 bits per heavy atom. The van der Waals surface area contributed by atoms with Crippen molar-refractivity contribution in [1.29, 1.82) is 0 Å². The zero-order chi connectivity index (χ0) is 39.2. The molecular formula is C40H75NaO12S. The van der Waals surface area contributed by atoms with Crippen LogP contribution in [0.1, 0.15) is 194 Å². The fraction of sp³-hybridized carbons (Fsp3) is 0.950. The number of rotatable bonds is 35. The normalized spacial score (nSPS) is 20.2. The Labute approximate surface area is 349 Å². The molecule has 0 aliphatic carbocycles. The molecule has 0 aromatic carbocycles. The van der Waals surface area contributed by atoms with Crippen LogP contribution in [-0.2, 0) is 38.7 Å². The van der Waals surface area contributed by atoms with E-state index in [0.29, 0.717) is 12.8 Å². The van der Waals surface area contributed by atoms with Crippen LogP contribution in [0.2, 0.25) is 0 Å². The SMILES string of the molecule is CCCCCCCCCCCCCCCC(=O)OC(CO[C@H]1O[C@H](CS(=O)(=O)[O-])[C@@H](O)[C@H](O)[C@H]1O)OC(=O)CCCCCCCCCCCCCCC.[Na+]. The van der Waals surface area contributed by atoms with Crippen LogP contribution in [0.25, 0.3) is 0 Å². The summed E-state index contributed by atoms with van der Waals surface area (Å²) in [5.41, 5.74) is 0. The first-order chi connectivity index (χ1) is 25.5. The summed E-state index contributed by atoms with van der Waals surface area (Å²) in [6.07, 6.45) is 20.0. The van der Waals surface area contributed by atoms with Gasteiger partial charge >= 0.3 is 41.5 Å². The molecule has 3 N–H and O–H groups in total. The molecule has 1 heterocycles. The maximum absolute atomic E-state index is 12.7. The Kier molecular flexibility index (Phi) is 34.4. The van der Waals surface area contributed by atoms with E-state index in [4.69, 9.17) is 18.9 Å². The van der Waals surface area contributed by atoms with Crippen LogP contribution in [0.4, 0.5) is 0 Å². The van der Waals surface area contributed by atoms with E-state index in [-0.39, 0.29) is 42.4 Å². The Balaban J connectivity index is 0.0000281. The summed E-state index contributed by atoms with van der Waals surface area (Å²) >= 11 is 0. The molecule has 0 bridgehead atoms. The number of ether oxygens (including phenoxy) is 4. The average Bonchev–Trinajstić information content (AvgIpc) is 3.11. The number of aliphatic hydroxyl groups is 3. The maximum atomic E-state index is 12.7. The van der Waals surface area contributed by atoms with Gasteiger partial charge in [-0.15, -0.1) is 0 Å². The molecular weight excluding hydrogens is 727 g/mol. The molecule has 0 unspecified atom stereocenters. The van der Waals surface area contributed by atoms with Gasteiger partial charge in [0, 0.05) is 12.8 Å². The van der Waals surface area contributed by atoms with Gasteiger partial charge in [0.1, 0.15) is 31.0 Å². The summed E-state index contributed by atoms with van der Waals surface area (Å²) in [4.78, 5) is 25.4. The first-order valence-electron chi connectivity index (χ1n) is 21.1. The predicted molar refractivity (Wildman–Crippen MR) is 204 cm³/mol. The number of aliphatic hydroxyl groups excluding tert-OH is 3. The van der Waals surface area contributed by atoms with E-state index in [9.17, 15) is 37.9 Å². The second kappa shape index (κ2) is 34.7. The van der Waals surface area contributed by atoms with Crippen LogP contribution in [0.3, 0.4) is 0 Å². The molecule has 1 aliphatic heterocycles. The Bertz CT molecular complexity index is 973. The third-order valence-electron chi connectivity index (χ3n) is 9.93. The van der Waals surface area contributed by atoms with Crippen molar-refractivity contribution in [2.45, 2.75) is 231 Å². The standard InChI is InChI=1S/C40H76O12S.Na/c1-3-5-7-9-11-13-15-17-19-21-23-25-27-29-34(41)51-36(31-49-40-39(45)38(44)37(43)33(50-40)32-53(46,47)48)52-35(42)30-28-26-24-22-20-18-16-14-12-10-8-6-4-2;/h33,36-40,43-45H,3-32H2,1-2H3,(H,46,47,48);/q;+1/p-1/t33-,37-,38+,39-,40+;/m1./s1. The summed E-state index contributed by atoms with van der Waals surface area (Å²) < 4.78 is 55.4. The number of carbonyl (C=O) groups excluding carboxylic acids is 2. The van der Waals surface area contributed by atoms with Gasteiger partial charge in [0.05, 0.1) is 15.9 Å². The summed E-state index contributed by atoms with van der Waals surface area (Å²) in [7, 11) is -4.86. The zero-order valence-corrected chi connectivity index (χ0v) is 36.9. The molecule has 0 amide bonds. The smallest absolute Gasteiger partial charge is 0.748 e. The third kappa shape index (κ3) is 29.0. The monoisotopic (exact) mass is 802 g/mol. The molecule has 1 rings (SSSR count). The van der Waals surface area contributed by atoms with Crippen LogP contribution in [-0.4, -0.2) is 89.6 Å². The summed E-state index contributed by atoms with van der Waals surface area (Å²) in [5, 5.41) is 30.7. The first-order valence-corrected chi connectivity index (χ1v) is 22.7. The van der Waals surface area contributed by atoms with E-state index in [1.54, 1.807) is 0 Å². The van der Waals surface area contributed by atoms with Crippen molar-refractivity contribution in [3.63, 3.8) is 0 Å². The van der Waals surface area contributed by atoms with Gasteiger partial charge in [-0.2, -0.15) is 0 Å². The number of carbonyl (C=O) groups is 2. The molecule has 0 saturated carbocycles. The zero-order valence-electron chi connectivity index (χ0n) is 34.1. The Hall–Kier alpha value is -0.350. The predicted octanol–water partition coefficient (Wildman–Crippen LogP) is 4.73. The second-order valence-corrected chi connectivity index (χ2v) is 16.4. The molecule has 54 heavy (non-hydrogen) atoms. The van der Waals surface area contributed by atoms with Gasteiger partial charge in [-0.3, -0.25) is 9.59 Å². The van der Waals surface area contributed by atoms with E-state index in [1.165, 1.54) is 116 Å². The second-order valence-electron chi connectivity index (χ2n) is 15.0. The van der Waals surface area contributed by atoms with E-state index < -0.39 is 71.4 Å².